The number of nitrogens with zero attached hydrogens (tertiary/aromatic N) is 2. The lowest BCUT2D eigenvalue weighted by Crippen LogP contribution is -1.97. The van der Waals surface area contributed by atoms with Crippen molar-refractivity contribution in [3.63, 3.8) is 0 Å². The fourth-order valence-corrected chi connectivity index (χ4v) is 2.50. The molecule has 0 saturated heterocycles. The average Bonchev–Trinajstić information content (AvgIpc) is 2.42. The molecule has 0 aliphatic rings. The van der Waals surface area contributed by atoms with Gasteiger partial charge in [-0.2, -0.15) is 5.26 Å². The third kappa shape index (κ3) is 3.32. The Kier molecular flexibility index (Phi) is 4.46. The van der Waals surface area contributed by atoms with E-state index in [0.29, 0.717) is 15.1 Å². The van der Waals surface area contributed by atoms with E-state index in [1.807, 2.05) is 6.07 Å². The molecule has 5 nitrogen and oxygen atoms in total. The lowest BCUT2D eigenvalue weighted by Gasteiger charge is -2.11. The van der Waals surface area contributed by atoms with Crippen molar-refractivity contribution in [1.29, 1.82) is 5.26 Å². The van der Waals surface area contributed by atoms with Crippen LogP contribution < -0.4 is 4.74 Å². The quantitative estimate of drug-likeness (QED) is 0.566. The Morgan fingerprint density at radius 1 is 1.38 bits per heavy atom. The molecule has 0 saturated carbocycles. The first kappa shape index (κ1) is 15.3. The molecule has 0 aliphatic carbocycles. The van der Waals surface area contributed by atoms with Gasteiger partial charge in [-0.3, -0.25) is 10.1 Å². The van der Waals surface area contributed by atoms with Gasteiger partial charge >= 0.3 is 5.69 Å². The van der Waals surface area contributed by atoms with Crippen molar-refractivity contribution in [2.24, 2.45) is 0 Å². The van der Waals surface area contributed by atoms with E-state index < -0.39 is 4.92 Å². The fourth-order valence-electron chi connectivity index (χ4n) is 1.77. The predicted molar refractivity (Wildman–Crippen MR) is 81.8 cm³/mol. The summed E-state index contributed by atoms with van der Waals surface area (Å²) >= 11 is 9.02. The van der Waals surface area contributed by atoms with Crippen LogP contribution in [0.5, 0.6) is 11.5 Å². The second kappa shape index (κ2) is 6.12. The van der Waals surface area contributed by atoms with Gasteiger partial charge in [-0.25, -0.2) is 0 Å². The Morgan fingerprint density at radius 3 is 2.71 bits per heavy atom. The van der Waals surface area contributed by atoms with Crippen molar-refractivity contribution in [1.82, 2.24) is 0 Å². The van der Waals surface area contributed by atoms with Crippen LogP contribution in [0.4, 0.5) is 5.69 Å². The Morgan fingerprint density at radius 2 is 2.10 bits per heavy atom. The molecule has 0 unspecified atom stereocenters. The van der Waals surface area contributed by atoms with Crippen molar-refractivity contribution >= 4 is 33.2 Å². The Labute approximate surface area is 134 Å². The number of benzene rings is 2. The van der Waals surface area contributed by atoms with E-state index in [-0.39, 0.29) is 22.7 Å². The van der Waals surface area contributed by atoms with Crippen LogP contribution in [0, 0.1) is 28.4 Å². The van der Waals surface area contributed by atoms with Gasteiger partial charge in [0.15, 0.2) is 0 Å². The van der Waals surface area contributed by atoms with Crippen LogP contribution in [0.25, 0.3) is 0 Å². The molecule has 2 aromatic rings. The van der Waals surface area contributed by atoms with E-state index in [1.54, 1.807) is 19.1 Å². The molecule has 0 heterocycles. The van der Waals surface area contributed by atoms with Crippen LogP contribution >= 0.6 is 27.5 Å². The minimum absolute atomic E-state index is 0.0991. The van der Waals surface area contributed by atoms with E-state index in [4.69, 9.17) is 21.6 Å². The molecular formula is C14H8BrClN2O3. The first-order valence-corrected chi connectivity index (χ1v) is 6.91. The Hall–Kier alpha value is -2.10. The van der Waals surface area contributed by atoms with Gasteiger partial charge in [0.25, 0.3) is 0 Å². The lowest BCUT2D eigenvalue weighted by atomic mass is 10.2. The molecule has 21 heavy (non-hydrogen) atoms. The summed E-state index contributed by atoms with van der Waals surface area (Å²) in [6, 6.07) is 9.50. The third-order valence-electron chi connectivity index (χ3n) is 2.69. The second-order valence-corrected chi connectivity index (χ2v) is 5.53. The van der Waals surface area contributed by atoms with E-state index in [1.165, 1.54) is 18.2 Å². The summed E-state index contributed by atoms with van der Waals surface area (Å²) in [4.78, 5) is 10.6. The number of nitro benzene ring substituents is 1. The molecule has 0 aromatic heterocycles. The third-order valence-corrected chi connectivity index (χ3v) is 3.38. The topological polar surface area (TPSA) is 76.2 Å². The summed E-state index contributed by atoms with van der Waals surface area (Å²) in [7, 11) is 0. The van der Waals surface area contributed by atoms with Crippen molar-refractivity contribution in [2.75, 3.05) is 0 Å². The zero-order chi connectivity index (χ0) is 15.6. The number of rotatable bonds is 3. The fraction of sp³-hybridized carbons (Fsp3) is 0.0714. The smallest absolute Gasteiger partial charge is 0.312 e. The van der Waals surface area contributed by atoms with Gasteiger partial charge < -0.3 is 4.74 Å². The van der Waals surface area contributed by atoms with Gasteiger partial charge in [0.2, 0.25) is 5.75 Å². The maximum absolute atomic E-state index is 11.1. The summed E-state index contributed by atoms with van der Waals surface area (Å²) in [6.07, 6.45) is 0. The number of ether oxygens (including phenoxy) is 1. The molecule has 0 amide bonds. The van der Waals surface area contributed by atoms with Crippen LogP contribution in [0.15, 0.2) is 34.8 Å². The standard InChI is InChI=1S/C14H8BrClN2O3/c1-8-4-10(15)6-12(18(19)20)14(8)21-13-3-2-11(16)5-9(13)7-17/h2-6H,1H3. The van der Waals surface area contributed by atoms with Gasteiger partial charge in [-0.15, -0.1) is 0 Å². The molecule has 0 radical (unpaired) electrons. The van der Waals surface area contributed by atoms with Gasteiger partial charge in [0.05, 0.1) is 10.5 Å². The summed E-state index contributed by atoms with van der Waals surface area (Å²) in [5.74, 6) is 0.317. The molecule has 2 aromatic carbocycles. The van der Waals surface area contributed by atoms with E-state index in [0.717, 1.165) is 0 Å². The minimum Gasteiger partial charge on any atom is -0.448 e. The maximum atomic E-state index is 11.1. The monoisotopic (exact) mass is 366 g/mol. The summed E-state index contributed by atoms with van der Waals surface area (Å²) < 4.78 is 6.17. The number of nitriles is 1. The molecule has 106 valence electrons. The van der Waals surface area contributed by atoms with E-state index in [2.05, 4.69) is 15.9 Å². The lowest BCUT2D eigenvalue weighted by molar-refractivity contribution is -0.385. The van der Waals surface area contributed by atoms with Gasteiger partial charge in [0, 0.05) is 15.6 Å². The number of hydrogen-bond acceptors (Lipinski definition) is 4. The van der Waals surface area contributed by atoms with E-state index >= 15 is 0 Å². The van der Waals surface area contributed by atoms with Crippen LogP contribution in [-0.4, -0.2) is 4.92 Å². The molecular weight excluding hydrogens is 360 g/mol. The summed E-state index contributed by atoms with van der Waals surface area (Å²) in [5.41, 5.74) is 0.606. The highest BCUT2D eigenvalue weighted by Crippen LogP contribution is 2.38. The SMILES string of the molecule is Cc1cc(Br)cc([N+](=O)[O-])c1Oc1ccc(Cl)cc1C#N. The van der Waals surface area contributed by atoms with Crippen molar-refractivity contribution in [2.45, 2.75) is 6.92 Å². The zero-order valence-corrected chi connectivity index (χ0v) is 13.1. The normalized spacial score (nSPS) is 10.0. The first-order valence-electron chi connectivity index (χ1n) is 5.74. The molecule has 0 N–H and O–H groups in total. The first-order chi connectivity index (χ1) is 9.92. The Balaban J connectivity index is 2.55. The minimum atomic E-state index is -0.533. The van der Waals surface area contributed by atoms with Gasteiger partial charge in [-0.05, 0) is 36.8 Å². The number of nitro groups is 1. The van der Waals surface area contributed by atoms with Crippen molar-refractivity contribution in [3.8, 4) is 17.6 Å². The summed E-state index contributed by atoms with van der Waals surface area (Å²) in [5, 5.41) is 20.6. The second-order valence-electron chi connectivity index (χ2n) is 4.18. The molecule has 7 heteroatoms. The zero-order valence-electron chi connectivity index (χ0n) is 10.8. The number of hydrogen-bond donors (Lipinski definition) is 0. The maximum Gasteiger partial charge on any atom is 0.312 e. The van der Waals surface area contributed by atoms with Crippen LogP contribution in [0.2, 0.25) is 5.02 Å². The van der Waals surface area contributed by atoms with Crippen LogP contribution in [0.1, 0.15) is 11.1 Å². The predicted octanol–water partition coefficient (Wildman–Crippen LogP) is 4.98. The highest BCUT2D eigenvalue weighted by Gasteiger charge is 2.20. The van der Waals surface area contributed by atoms with Crippen LogP contribution in [-0.2, 0) is 0 Å². The average molecular weight is 368 g/mol. The molecule has 0 bridgehead atoms. The van der Waals surface area contributed by atoms with Crippen LogP contribution in [0.3, 0.4) is 0 Å². The molecule has 2 rings (SSSR count). The van der Waals surface area contributed by atoms with Gasteiger partial charge in [-0.1, -0.05) is 27.5 Å². The number of halogens is 2. The number of aryl methyl sites for hydroxylation is 1. The van der Waals surface area contributed by atoms with E-state index in [9.17, 15) is 10.1 Å². The van der Waals surface area contributed by atoms with Crippen molar-refractivity contribution in [3.05, 3.63) is 61.1 Å². The molecule has 0 spiro atoms. The molecule has 0 aliphatic heterocycles. The van der Waals surface area contributed by atoms with Crippen molar-refractivity contribution < 1.29 is 9.66 Å². The molecule has 0 atom stereocenters. The molecule has 0 fully saturated rings. The van der Waals surface area contributed by atoms with Gasteiger partial charge in [0.1, 0.15) is 11.8 Å². The Bertz CT molecular complexity index is 772. The highest BCUT2D eigenvalue weighted by atomic mass is 79.9. The summed E-state index contributed by atoms with van der Waals surface area (Å²) in [6.45, 7) is 1.69. The largest absolute Gasteiger partial charge is 0.448 e. The highest BCUT2D eigenvalue weighted by molar-refractivity contribution is 9.10.